The molecule has 0 saturated heterocycles. The van der Waals surface area contributed by atoms with Crippen LogP contribution in [0, 0.1) is 5.82 Å². The van der Waals surface area contributed by atoms with Crippen LogP contribution in [0.2, 0.25) is 0 Å². The van der Waals surface area contributed by atoms with E-state index in [-0.39, 0.29) is 11.4 Å². The van der Waals surface area contributed by atoms with Gasteiger partial charge in [0.15, 0.2) is 0 Å². The number of sulfonamides is 1. The van der Waals surface area contributed by atoms with Crippen LogP contribution in [0.3, 0.4) is 0 Å². The Hall–Kier alpha value is -1.99. The molecule has 0 bridgehead atoms. The number of aromatic nitrogens is 1. The highest BCUT2D eigenvalue weighted by atomic mass is 32.2. The van der Waals surface area contributed by atoms with Crippen molar-refractivity contribution in [3.63, 3.8) is 0 Å². The number of nitrogens with zero attached hydrogens (tertiary/aromatic N) is 2. The summed E-state index contributed by atoms with van der Waals surface area (Å²) in [6.07, 6.45) is 2.68. The molecular formula is C14H14FN3O2S. The second kappa shape index (κ2) is 5.09. The van der Waals surface area contributed by atoms with Crippen LogP contribution in [0.4, 0.5) is 10.1 Å². The Bertz CT molecular complexity index is 793. The molecule has 5 nitrogen and oxygen atoms in total. The Morgan fingerprint density at radius 1 is 1.29 bits per heavy atom. The maximum Gasteiger partial charge on any atom is 0.245 e. The molecule has 0 radical (unpaired) electrons. The number of halogens is 1. The van der Waals surface area contributed by atoms with Gasteiger partial charge in [0.1, 0.15) is 10.7 Å². The third-order valence-corrected chi connectivity index (χ3v) is 5.40. The average Bonchev–Trinajstić information content (AvgIpc) is 2.47. The van der Waals surface area contributed by atoms with Gasteiger partial charge in [-0.1, -0.05) is 12.1 Å². The molecule has 0 fully saturated rings. The van der Waals surface area contributed by atoms with E-state index in [1.165, 1.54) is 4.31 Å². The number of benzene rings is 1. The van der Waals surface area contributed by atoms with E-state index in [2.05, 4.69) is 4.98 Å². The minimum Gasteiger partial charge on any atom is -0.398 e. The van der Waals surface area contributed by atoms with Crippen LogP contribution < -0.4 is 5.73 Å². The molecule has 1 aromatic carbocycles. The van der Waals surface area contributed by atoms with Crippen molar-refractivity contribution in [2.45, 2.75) is 17.9 Å². The minimum absolute atomic E-state index is 0.130. The molecule has 3 rings (SSSR count). The third kappa shape index (κ3) is 2.50. The Kier molecular flexibility index (Phi) is 3.38. The number of rotatable bonds is 2. The van der Waals surface area contributed by atoms with Crippen molar-refractivity contribution in [3.05, 3.63) is 53.6 Å². The first kappa shape index (κ1) is 14.0. The predicted octanol–water partition coefficient (Wildman–Crippen LogP) is 1.55. The summed E-state index contributed by atoms with van der Waals surface area (Å²) in [5, 5.41) is 0. The largest absolute Gasteiger partial charge is 0.398 e. The van der Waals surface area contributed by atoms with Gasteiger partial charge in [-0.25, -0.2) is 12.8 Å². The van der Waals surface area contributed by atoms with Gasteiger partial charge in [-0.3, -0.25) is 4.98 Å². The van der Waals surface area contributed by atoms with Gasteiger partial charge in [-0.15, -0.1) is 0 Å². The Morgan fingerprint density at radius 2 is 2.10 bits per heavy atom. The molecule has 0 saturated carbocycles. The fourth-order valence-corrected chi connectivity index (χ4v) is 3.90. The zero-order chi connectivity index (χ0) is 15.0. The molecule has 21 heavy (non-hydrogen) atoms. The lowest BCUT2D eigenvalue weighted by Crippen LogP contribution is -2.36. The molecule has 1 aliphatic rings. The lowest BCUT2D eigenvalue weighted by molar-refractivity contribution is 0.391. The van der Waals surface area contributed by atoms with E-state index in [4.69, 9.17) is 5.73 Å². The molecule has 0 spiro atoms. The highest BCUT2D eigenvalue weighted by molar-refractivity contribution is 7.89. The van der Waals surface area contributed by atoms with E-state index in [0.29, 0.717) is 18.7 Å². The van der Waals surface area contributed by atoms with Crippen LogP contribution in [0.1, 0.15) is 11.1 Å². The van der Waals surface area contributed by atoms with Crippen molar-refractivity contribution >= 4 is 15.7 Å². The number of fused-ring (bicyclic) bond motifs is 1. The van der Waals surface area contributed by atoms with E-state index in [0.717, 1.165) is 29.6 Å². The number of hydrogen-bond donors (Lipinski definition) is 1. The molecule has 0 amide bonds. The van der Waals surface area contributed by atoms with Crippen LogP contribution in [0.15, 0.2) is 41.6 Å². The first-order chi connectivity index (χ1) is 9.98. The van der Waals surface area contributed by atoms with E-state index >= 15 is 0 Å². The normalized spacial score (nSPS) is 15.7. The Labute approximate surface area is 122 Å². The topological polar surface area (TPSA) is 76.3 Å². The van der Waals surface area contributed by atoms with Crippen molar-refractivity contribution < 1.29 is 12.8 Å². The molecule has 0 atom stereocenters. The minimum atomic E-state index is -3.75. The fourth-order valence-electron chi connectivity index (χ4n) is 2.50. The molecule has 2 heterocycles. The molecule has 1 aliphatic heterocycles. The smallest absolute Gasteiger partial charge is 0.245 e. The van der Waals surface area contributed by atoms with Gasteiger partial charge in [0.2, 0.25) is 10.0 Å². The summed E-state index contributed by atoms with van der Waals surface area (Å²) < 4.78 is 39.6. The van der Waals surface area contributed by atoms with Gasteiger partial charge in [0, 0.05) is 25.0 Å². The summed E-state index contributed by atoms with van der Waals surface area (Å²) in [5.41, 5.74) is 8.45. The molecule has 110 valence electrons. The van der Waals surface area contributed by atoms with E-state index < -0.39 is 15.8 Å². The molecule has 7 heteroatoms. The molecule has 2 N–H and O–H groups in total. The van der Waals surface area contributed by atoms with Crippen LogP contribution in [0.5, 0.6) is 0 Å². The standard InChI is InChI=1S/C14H14FN3O2S/c15-11-6-12(8-17-7-11)21(19,20)18-5-4-13-10(9-18)2-1-3-14(13)16/h1-3,6-8H,4-5,9,16H2. The van der Waals surface area contributed by atoms with Gasteiger partial charge in [-0.05, 0) is 29.7 Å². The van der Waals surface area contributed by atoms with Crippen LogP contribution in [-0.4, -0.2) is 24.3 Å². The summed E-state index contributed by atoms with van der Waals surface area (Å²) in [4.78, 5) is 3.47. The highest BCUT2D eigenvalue weighted by Crippen LogP contribution is 2.27. The monoisotopic (exact) mass is 307 g/mol. The summed E-state index contributed by atoms with van der Waals surface area (Å²) in [7, 11) is -3.75. The highest BCUT2D eigenvalue weighted by Gasteiger charge is 2.29. The second-order valence-electron chi connectivity index (χ2n) is 4.91. The zero-order valence-corrected chi connectivity index (χ0v) is 12.0. The van der Waals surface area contributed by atoms with Gasteiger partial charge in [0.25, 0.3) is 0 Å². The second-order valence-corrected chi connectivity index (χ2v) is 6.85. The lowest BCUT2D eigenvalue weighted by atomic mass is 9.99. The van der Waals surface area contributed by atoms with Crippen molar-refractivity contribution in [2.75, 3.05) is 12.3 Å². The van der Waals surface area contributed by atoms with Crippen molar-refractivity contribution in [1.82, 2.24) is 9.29 Å². The molecule has 2 aromatic rings. The number of pyridine rings is 1. The lowest BCUT2D eigenvalue weighted by Gasteiger charge is -2.28. The number of hydrogen-bond acceptors (Lipinski definition) is 4. The van der Waals surface area contributed by atoms with Crippen molar-refractivity contribution in [3.8, 4) is 0 Å². The predicted molar refractivity (Wildman–Crippen MR) is 76.3 cm³/mol. The van der Waals surface area contributed by atoms with Crippen LogP contribution >= 0.6 is 0 Å². The van der Waals surface area contributed by atoms with Gasteiger partial charge in [-0.2, -0.15) is 4.31 Å². The first-order valence-electron chi connectivity index (χ1n) is 6.45. The van der Waals surface area contributed by atoms with Crippen molar-refractivity contribution in [2.24, 2.45) is 0 Å². The van der Waals surface area contributed by atoms with Gasteiger partial charge >= 0.3 is 0 Å². The summed E-state index contributed by atoms with van der Waals surface area (Å²) in [5.74, 6) is -0.669. The van der Waals surface area contributed by atoms with Crippen LogP contribution in [-0.2, 0) is 23.0 Å². The molecule has 0 unspecified atom stereocenters. The molecule has 0 aliphatic carbocycles. The van der Waals surface area contributed by atoms with E-state index in [1.54, 1.807) is 12.1 Å². The fraction of sp³-hybridized carbons (Fsp3) is 0.214. The average molecular weight is 307 g/mol. The Balaban J connectivity index is 1.95. The van der Waals surface area contributed by atoms with Crippen LogP contribution in [0.25, 0.3) is 0 Å². The molecular weight excluding hydrogens is 293 g/mol. The third-order valence-electron chi connectivity index (χ3n) is 3.58. The SMILES string of the molecule is Nc1cccc2c1CCN(S(=O)(=O)c1cncc(F)c1)C2. The number of nitrogen functional groups attached to an aromatic ring is 1. The van der Waals surface area contributed by atoms with Gasteiger partial charge < -0.3 is 5.73 Å². The molecule has 1 aromatic heterocycles. The van der Waals surface area contributed by atoms with Gasteiger partial charge in [0.05, 0.1) is 6.20 Å². The van der Waals surface area contributed by atoms with E-state index in [9.17, 15) is 12.8 Å². The number of anilines is 1. The van der Waals surface area contributed by atoms with E-state index in [1.807, 2.05) is 6.07 Å². The zero-order valence-electron chi connectivity index (χ0n) is 11.2. The maximum absolute atomic E-state index is 13.2. The maximum atomic E-state index is 13.2. The van der Waals surface area contributed by atoms with Crippen molar-refractivity contribution in [1.29, 1.82) is 0 Å². The quantitative estimate of drug-likeness (QED) is 0.854. The Morgan fingerprint density at radius 3 is 2.86 bits per heavy atom. The summed E-state index contributed by atoms with van der Waals surface area (Å²) in [6, 6.07) is 6.45. The summed E-state index contributed by atoms with van der Waals surface area (Å²) >= 11 is 0. The summed E-state index contributed by atoms with van der Waals surface area (Å²) in [6.45, 7) is 0.555. The number of nitrogens with two attached hydrogens (primary N) is 1. The first-order valence-corrected chi connectivity index (χ1v) is 7.89.